The lowest BCUT2D eigenvalue weighted by Gasteiger charge is -2.09. The molecule has 0 atom stereocenters. The van der Waals surface area contributed by atoms with Crippen LogP contribution in [0, 0.1) is 0 Å². The minimum atomic E-state index is -0.323. The topological polar surface area (TPSA) is 60.5 Å². The second-order valence-electron chi connectivity index (χ2n) is 3.89. The Morgan fingerprint density at radius 2 is 2.00 bits per heavy atom. The lowest BCUT2D eigenvalue weighted by Crippen LogP contribution is -2.13. The number of hydrogen-bond donors (Lipinski definition) is 1. The quantitative estimate of drug-likeness (QED) is 0.941. The number of halogens is 1. The molecule has 0 aliphatic rings. The van der Waals surface area contributed by atoms with Gasteiger partial charge < -0.3 is 14.8 Å². The minimum absolute atomic E-state index is 0.323. The molecule has 0 radical (unpaired) electrons. The first-order valence-corrected chi connectivity index (χ1v) is 6.17. The fourth-order valence-corrected chi connectivity index (χ4v) is 1.80. The van der Waals surface area contributed by atoms with Gasteiger partial charge in [-0.15, -0.1) is 0 Å². The molecule has 104 valence electrons. The van der Waals surface area contributed by atoms with Crippen LogP contribution in [0.5, 0.6) is 11.6 Å². The van der Waals surface area contributed by atoms with Gasteiger partial charge in [0.15, 0.2) is 0 Å². The summed E-state index contributed by atoms with van der Waals surface area (Å²) in [6.07, 6.45) is 1.51. The van der Waals surface area contributed by atoms with E-state index in [2.05, 4.69) is 10.3 Å². The number of benzene rings is 1. The highest BCUT2D eigenvalue weighted by Gasteiger charge is 2.13. The third-order valence-corrected chi connectivity index (χ3v) is 2.84. The van der Waals surface area contributed by atoms with E-state index in [9.17, 15) is 4.79 Å². The minimum Gasteiger partial charge on any atom is -0.496 e. The molecular formula is C14H13ClN2O3. The van der Waals surface area contributed by atoms with Crippen LogP contribution < -0.4 is 14.8 Å². The molecule has 0 aliphatic carbocycles. The van der Waals surface area contributed by atoms with Crippen molar-refractivity contribution in [1.82, 2.24) is 4.98 Å². The number of ether oxygens (including phenoxy) is 2. The van der Waals surface area contributed by atoms with E-state index in [1.807, 2.05) is 0 Å². The number of hydrogen-bond acceptors (Lipinski definition) is 4. The van der Waals surface area contributed by atoms with Gasteiger partial charge in [-0.25, -0.2) is 4.98 Å². The molecule has 0 saturated heterocycles. The van der Waals surface area contributed by atoms with Crippen LogP contribution in [0.25, 0.3) is 0 Å². The van der Waals surface area contributed by atoms with E-state index in [1.165, 1.54) is 20.4 Å². The number of anilines is 1. The first-order chi connectivity index (χ1) is 9.63. The third-order valence-electron chi connectivity index (χ3n) is 2.61. The van der Waals surface area contributed by atoms with Gasteiger partial charge in [0.05, 0.1) is 31.7 Å². The SMILES string of the molecule is COc1ccc(NC(=O)c2cc(Cl)ccc2OC)cn1. The van der Waals surface area contributed by atoms with Gasteiger partial charge in [0.25, 0.3) is 5.91 Å². The predicted molar refractivity (Wildman–Crippen MR) is 76.7 cm³/mol. The normalized spacial score (nSPS) is 9.95. The van der Waals surface area contributed by atoms with Crippen molar-refractivity contribution >= 4 is 23.2 Å². The number of carbonyl (C=O) groups excluding carboxylic acids is 1. The molecule has 5 nitrogen and oxygen atoms in total. The fraction of sp³-hybridized carbons (Fsp3) is 0.143. The predicted octanol–water partition coefficient (Wildman–Crippen LogP) is 3.00. The van der Waals surface area contributed by atoms with Gasteiger partial charge in [-0.05, 0) is 24.3 Å². The first kappa shape index (κ1) is 14.1. The van der Waals surface area contributed by atoms with Crippen molar-refractivity contribution in [2.75, 3.05) is 19.5 Å². The van der Waals surface area contributed by atoms with Crippen molar-refractivity contribution in [3.63, 3.8) is 0 Å². The van der Waals surface area contributed by atoms with E-state index in [-0.39, 0.29) is 5.91 Å². The van der Waals surface area contributed by atoms with Gasteiger partial charge in [-0.2, -0.15) is 0 Å². The van der Waals surface area contributed by atoms with Crippen LogP contribution >= 0.6 is 11.6 Å². The summed E-state index contributed by atoms with van der Waals surface area (Å²) in [5.41, 5.74) is 0.911. The van der Waals surface area contributed by atoms with E-state index >= 15 is 0 Å². The number of pyridine rings is 1. The largest absolute Gasteiger partial charge is 0.496 e. The number of aromatic nitrogens is 1. The van der Waals surface area contributed by atoms with Crippen LogP contribution in [0.2, 0.25) is 5.02 Å². The highest BCUT2D eigenvalue weighted by molar-refractivity contribution is 6.31. The zero-order valence-corrected chi connectivity index (χ0v) is 11.8. The molecule has 6 heteroatoms. The highest BCUT2D eigenvalue weighted by Crippen LogP contribution is 2.23. The number of amides is 1. The first-order valence-electron chi connectivity index (χ1n) is 5.79. The summed E-state index contributed by atoms with van der Waals surface area (Å²) in [7, 11) is 3.02. The van der Waals surface area contributed by atoms with Crippen LogP contribution in [0.1, 0.15) is 10.4 Å². The monoisotopic (exact) mass is 292 g/mol. The van der Waals surface area contributed by atoms with Crippen molar-refractivity contribution in [2.24, 2.45) is 0 Å². The van der Waals surface area contributed by atoms with Crippen LogP contribution in [-0.2, 0) is 0 Å². The van der Waals surface area contributed by atoms with Gasteiger partial charge >= 0.3 is 0 Å². The number of methoxy groups -OCH3 is 2. The van der Waals surface area contributed by atoms with Crippen LogP contribution in [0.3, 0.4) is 0 Å². The molecule has 1 N–H and O–H groups in total. The average Bonchev–Trinajstić information content (AvgIpc) is 2.48. The Balaban J connectivity index is 2.20. The summed E-state index contributed by atoms with van der Waals surface area (Å²) >= 11 is 5.90. The smallest absolute Gasteiger partial charge is 0.259 e. The van der Waals surface area contributed by atoms with E-state index in [0.717, 1.165) is 0 Å². The molecule has 0 bridgehead atoms. The Morgan fingerprint density at radius 3 is 2.60 bits per heavy atom. The number of nitrogens with one attached hydrogen (secondary N) is 1. The summed E-state index contributed by atoms with van der Waals surface area (Å²) in [6, 6.07) is 8.20. The Morgan fingerprint density at radius 1 is 1.20 bits per heavy atom. The van der Waals surface area contributed by atoms with Gasteiger partial charge in [-0.1, -0.05) is 11.6 Å². The number of carbonyl (C=O) groups is 1. The second-order valence-corrected chi connectivity index (χ2v) is 4.32. The van der Waals surface area contributed by atoms with Gasteiger partial charge in [0.2, 0.25) is 5.88 Å². The van der Waals surface area contributed by atoms with Gasteiger partial charge in [-0.3, -0.25) is 4.79 Å². The number of rotatable bonds is 4. The Hall–Kier alpha value is -2.27. The molecule has 0 fully saturated rings. The maximum atomic E-state index is 12.2. The summed E-state index contributed by atoms with van der Waals surface area (Å²) in [6.45, 7) is 0. The summed E-state index contributed by atoms with van der Waals surface area (Å²) in [5.74, 6) is 0.605. The van der Waals surface area contributed by atoms with E-state index in [0.29, 0.717) is 27.9 Å². The van der Waals surface area contributed by atoms with Gasteiger partial charge in [0, 0.05) is 11.1 Å². The summed E-state index contributed by atoms with van der Waals surface area (Å²) in [5, 5.41) is 3.18. The lowest BCUT2D eigenvalue weighted by atomic mass is 10.2. The molecule has 1 amide bonds. The van der Waals surface area contributed by atoms with Crippen molar-refractivity contribution in [3.8, 4) is 11.6 Å². The van der Waals surface area contributed by atoms with E-state index in [4.69, 9.17) is 21.1 Å². The zero-order chi connectivity index (χ0) is 14.5. The van der Waals surface area contributed by atoms with Crippen LogP contribution in [-0.4, -0.2) is 25.1 Å². The maximum absolute atomic E-state index is 12.2. The van der Waals surface area contributed by atoms with Crippen molar-refractivity contribution in [3.05, 3.63) is 47.1 Å². The Labute approximate surface area is 121 Å². The molecule has 1 aromatic heterocycles. The molecular weight excluding hydrogens is 280 g/mol. The molecule has 0 saturated carbocycles. The molecule has 0 aliphatic heterocycles. The highest BCUT2D eigenvalue weighted by atomic mass is 35.5. The van der Waals surface area contributed by atoms with Crippen LogP contribution in [0.15, 0.2) is 36.5 Å². The zero-order valence-electron chi connectivity index (χ0n) is 11.0. The molecule has 20 heavy (non-hydrogen) atoms. The molecule has 1 aromatic carbocycles. The Bertz CT molecular complexity index is 614. The van der Waals surface area contributed by atoms with Crippen LogP contribution in [0.4, 0.5) is 5.69 Å². The second kappa shape index (κ2) is 6.25. The Kier molecular flexibility index (Phi) is 4.42. The molecule has 0 unspecified atom stereocenters. The third kappa shape index (κ3) is 3.19. The van der Waals surface area contributed by atoms with E-state index in [1.54, 1.807) is 30.3 Å². The molecule has 1 heterocycles. The van der Waals surface area contributed by atoms with Crippen molar-refractivity contribution < 1.29 is 14.3 Å². The standard InChI is InChI=1S/C14H13ClN2O3/c1-19-12-5-3-9(15)7-11(12)14(18)17-10-4-6-13(20-2)16-8-10/h3-8H,1-2H3,(H,17,18). The average molecular weight is 293 g/mol. The lowest BCUT2D eigenvalue weighted by molar-refractivity contribution is 0.102. The number of nitrogens with zero attached hydrogens (tertiary/aromatic N) is 1. The molecule has 0 spiro atoms. The summed E-state index contributed by atoms with van der Waals surface area (Å²) in [4.78, 5) is 16.2. The molecule has 2 rings (SSSR count). The van der Waals surface area contributed by atoms with E-state index < -0.39 is 0 Å². The molecule has 2 aromatic rings. The van der Waals surface area contributed by atoms with Crippen molar-refractivity contribution in [1.29, 1.82) is 0 Å². The fourth-order valence-electron chi connectivity index (χ4n) is 1.63. The summed E-state index contributed by atoms with van der Waals surface area (Å²) < 4.78 is 10.1. The van der Waals surface area contributed by atoms with Crippen molar-refractivity contribution in [2.45, 2.75) is 0 Å². The van der Waals surface area contributed by atoms with Gasteiger partial charge in [0.1, 0.15) is 5.75 Å². The maximum Gasteiger partial charge on any atom is 0.259 e.